The number of phenols is 1. The van der Waals surface area contributed by atoms with Gasteiger partial charge in [0.05, 0.1) is 15.9 Å². The number of hydrogen-bond acceptors (Lipinski definition) is 7. The van der Waals surface area contributed by atoms with Gasteiger partial charge in [-0.25, -0.2) is 0 Å². The van der Waals surface area contributed by atoms with Gasteiger partial charge in [0.1, 0.15) is 17.7 Å². The lowest BCUT2D eigenvalue weighted by Crippen LogP contribution is -1.95. The standard InChI is InChI=1S/C10H4N4O5/c11-4-6(5-12)1-7-2-8(13(16)17)3-9(10(7)15)14(18)19/h1-3,15H. The van der Waals surface area contributed by atoms with Crippen molar-refractivity contribution in [2.75, 3.05) is 0 Å². The van der Waals surface area contributed by atoms with Crippen LogP contribution < -0.4 is 0 Å². The van der Waals surface area contributed by atoms with Crippen LogP contribution in [0.4, 0.5) is 11.4 Å². The van der Waals surface area contributed by atoms with Crippen molar-refractivity contribution in [3.8, 4) is 17.9 Å². The van der Waals surface area contributed by atoms with E-state index in [1.165, 1.54) is 12.1 Å². The summed E-state index contributed by atoms with van der Waals surface area (Å²) in [6.07, 6.45) is 0.829. The topological polar surface area (TPSA) is 154 Å². The summed E-state index contributed by atoms with van der Waals surface area (Å²) in [5, 5.41) is 47.9. The molecule has 0 radical (unpaired) electrons. The Hall–Kier alpha value is -3.46. The molecule has 1 aromatic carbocycles. The number of nitriles is 2. The third kappa shape index (κ3) is 2.81. The van der Waals surface area contributed by atoms with Gasteiger partial charge in [0.15, 0.2) is 0 Å². The molecule has 0 amide bonds. The zero-order chi connectivity index (χ0) is 14.6. The number of nitro benzene ring substituents is 2. The number of aromatic hydroxyl groups is 1. The van der Waals surface area contributed by atoms with E-state index in [1.54, 1.807) is 0 Å². The highest BCUT2D eigenvalue weighted by Crippen LogP contribution is 2.35. The smallest absolute Gasteiger partial charge is 0.318 e. The molecule has 0 fully saturated rings. The van der Waals surface area contributed by atoms with Crippen LogP contribution in [-0.2, 0) is 0 Å². The average Bonchev–Trinajstić information content (AvgIpc) is 2.36. The Morgan fingerprint density at radius 3 is 2.21 bits per heavy atom. The molecule has 1 rings (SSSR count). The molecule has 1 N–H and O–H groups in total. The molecule has 0 atom stereocenters. The summed E-state index contributed by atoms with van der Waals surface area (Å²) in [5.41, 5.74) is -2.31. The summed E-state index contributed by atoms with van der Waals surface area (Å²) >= 11 is 0. The minimum Gasteiger partial charge on any atom is -0.502 e. The average molecular weight is 260 g/mol. The second-order valence-corrected chi connectivity index (χ2v) is 3.20. The number of hydrogen-bond donors (Lipinski definition) is 1. The summed E-state index contributed by atoms with van der Waals surface area (Å²) < 4.78 is 0. The van der Waals surface area contributed by atoms with Gasteiger partial charge in [0.2, 0.25) is 5.75 Å². The summed E-state index contributed by atoms with van der Waals surface area (Å²) in [7, 11) is 0. The highest BCUT2D eigenvalue weighted by molar-refractivity contribution is 5.72. The Bertz CT molecular complexity index is 664. The molecule has 0 spiro atoms. The van der Waals surface area contributed by atoms with Crippen LogP contribution in [0.1, 0.15) is 5.56 Å². The summed E-state index contributed by atoms with van der Waals surface area (Å²) in [6.45, 7) is 0. The Morgan fingerprint density at radius 2 is 1.79 bits per heavy atom. The zero-order valence-electron chi connectivity index (χ0n) is 9.10. The highest BCUT2D eigenvalue weighted by atomic mass is 16.6. The first-order chi connectivity index (χ1) is 8.90. The molecule has 0 heterocycles. The predicted octanol–water partition coefficient (Wildman–Crippen LogP) is 1.64. The Balaban J connectivity index is 3.61. The quantitative estimate of drug-likeness (QED) is 0.491. The molecule has 0 bridgehead atoms. The molecule has 0 saturated heterocycles. The molecule has 9 heteroatoms. The predicted molar refractivity (Wildman–Crippen MR) is 60.6 cm³/mol. The van der Waals surface area contributed by atoms with E-state index in [1.807, 2.05) is 0 Å². The van der Waals surface area contributed by atoms with Gasteiger partial charge in [0.25, 0.3) is 5.69 Å². The van der Waals surface area contributed by atoms with E-state index in [0.717, 1.165) is 12.1 Å². The number of non-ortho nitro benzene ring substituents is 1. The van der Waals surface area contributed by atoms with Crippen molar-refractivity contribution < 1.29 is 15.0 Å². The lowest BCUT2D eigenvalue weighted by molar-refractivity contribution is -0.394. The number of nitro groups is 2. The normalized spacial score (nSPS) is 8.95. The fourth-order valence-corrected chi connectivity index (χ4v) is 1.23. The van der Waals surface area contributed by atoms with Crippen LogP contribution in [0, 0.1) is 42.9 Å². The van der Waals surface area contributed by atoms with E-state index in [0.29, 0.717) is 6.07 Å². The van der Waals surface area contributed by atoms with Crippen LogP contribution in [0.3, 0.4) is 0 Å². The number of allylic oxidation sites excluding steroid dienone is 1. The summed E-state index contributed by atoms with van der Waals surface area (Å²) in [5.74, 6) is -0.849. The molecule has 9 nitrogen and oxygen atoms in total. The van der Waals surface area contributed by atoms with Crippen molar-refractivity contribution in [1.29, 1.82) is 10.5 Å². The second kappa shape index (κ2) is 5.25. The van der Waals surface area contributed by atoms with Crippen LogP contribution in [0.5, 0.6) is 5.75 Å². The van der Waals surface area contributed by atoms with Crippen molar-refractivity contribution in [1.82, 2.24) is 0 Å². The van der Waals surface area contributed by atoms with Crippen LogP contribution >= 0.6 is 0 Å². The minimum atomic E-state index is -1.00. The van der Waals surface area contributed by atoms with E-state index in [-0.39, 0.29) is 5.56 Å². The SMILES string of the molecule is N#CC(C#N)=Cc1cc([N+](=O)[O-])cc([N+](=O)[O-])c1O. The monoisotopic (exact) mass is 260 g/mol. The van der Waals surface area contributed by atoms with Gasteiger partial charge < -0.3 is 5.11 Å². The molecular formula is C10H4N4O5. The van der Waals surface area contributed by atoms with Crippen molar-refractivity contribution in [2.45, 2.75) is 0 Å². The molecule has 19 heavy (non-hydrogen) atoms. The molecule has 0 aliphatic rings. The first-order valence-electron chi connectivity index (χ1n) is 4.58. The number of rotatable bonds is 3. The van der Waals surface area contributed by atoms with Gasteiger partial charge in [-0.2, -0.15) is 10.5 Å². The largest absolute Gasteiger partial charge is 0.502 e. The number of nitrogens with zero attached hydrogens (tertiary/aromatic N) is 4. The Morgan fingerprint density at radius 1 is 1.21 bits per heavy atom. The van der Waals surface area contributed by atoms with E-state index in [9.17, 15) is 25.3 Å². The van der Waals surface area contributed by atoms with Gasteiger partial charge in [0, 0.05) is 11.6 Å². The third-order valence-corrected chi connectivity index (χ3v) is 2.05. The zero-order valence-corrected chi connectivity index (χ0v) is 9.10. The highest BCUT2D eigenvalue weighted by Gasteiger charge is 2.23. The van der Waals surface area contributed by atoms with Gasteiger partial charge in [-0.15, -0.1) is 0 Å². The van der Waals surface area contributed by atoms with Crippen LogP contribution in [0.15, 0.2) is 17.7 Å². The van der Waals surface area contributed by atoms with Gasteiger partial charge in [-0.1, -0.05) is 0 Å². The lowest BCUT2D eigenvalue weighted by Gasteiger charge is -2.01. The van der Waals surface area contributed by atoms with Crippen molar-refractivity contribution in [2.24, 2.45) is 0 Å². The van der Waals surface area contributed by atoms with Crippen molar-refractivity contribution >= 4 is 17.5 Å². The fraction of sp³-hybridized carbons (Fsp3) is 0. The second-order valence-electron chi connectivity index (χ2n) is 3.20. The Labute approximate surface area is 105 Å². The first-order valence-corrected chi connectivity index (χ1v) is 4.58. The fourth-order valence-electron chi connectivity index (χ4n) is 1.23. The first kappa shape index (κ1) is 13.6. The number of phenolic OH excluding ortho intramolecular Hbond substituents is 1. The third-order valence-electron chi connectivity index (χ3n) is 2.05. The maximum atomic E-state index is 10.6. The Kier molecular flexibility index (Phi) is 3.76. The van der Waals surface area contributed by atoms with E-state index < -0.39 is 32.5 Å². The minimum absolute atomic E-state index is 0.348. The molecular weight excluding hydrogens is 256 g/mol. The maximum absolute atomic E-state index is 10.6. The molecule has 1 aromatic rings. The van der Waals surface area contributed by atoms with Gasteiger partial charge in [-0.3, -0.25) is 20.2 Å². The van der Waals surface area contributed by atoms with E-state index in [2.05, 4.69) is 0 Å². The lowest BCUT2D eigenvalue weighted by atomic mass is 10.1. The van der Waals surface area contributed by atoms with Crippen LogP contribution in [0.25, 0.3) is 6.08 Å². The maximum Gasteiger partial charge on any atom is 0.318 e. The van der Waals surface area contributed by atoms with E-state index in [4.69, 9.17) is 10.5 Å². The van der Waals surface area contributed by atoms with Crippen molar-refractivity contribution in [3.05, 3.63) is 43.5 Å². The molecule has 94 valence electrons. The number of benzene rings is 1. The molecule has 0 aromatic heterocycles. The van der Waals surface area contributed by atoms with Gasteiger partial charge in [-0.05, 0) is 6.08 Å². The molecule has 0 saturated carbocycles. The molecule has 0 aliphatic carbocycles. The summed E-state index contributed by atoms with van der Waals surface area (Å²) in [4.78, 5) is 19.4. The van der Waals surface area contributed by atoms with E-state index >= 15 is 0 Å². The molecule has 0 unspecified atom stereocenters. The van der Waals surface area contributed by atoms with Crippen LogP contribution in [0.2, 0.25) is 0 Å². The van der Waals surface area contributed by atoms with Crippen molar-refractivity contribution in [3.63, 3.8) is 0 Å². The molecule has 0 aliphatic heterocycles. The van der Waals surface area contributed by atoms with Crippen LogP contribution in [-0.4, -0.2) is 15.0 Å². The van der Waals surface area contributed by atoms with Gasteiger partial charge >= 0.3 is 5.69 Å². The summed E-state index contributed by atoms with van der Waals surface area (Å²) in [6, 6.07) is 4.37.